The first kappa shape index (κ1) is 22.1. The maximum atomic E-state index is 12.9. The summed E-state index contributed by atoms with van der Waals surface area (Å²) in [5.41, 5.74) is 1.66. The first-order valence-electron chi connectivity index (χ1n) is 9.92. The molecule has 0 radical (unpaired) electrons. The number of nitro groups is 1. The third-order valence-corrected chi connectivity index (χ3v) is 5.16. The third kappa shape index (κ3) is 4.45. The van der Waals surface area contributed by atoms with Crippen LogP contribution in [0.25, 0.3) is 0 Å². The SMILES string of the molecule is COc1cc(C(=O)Nc2ccc3c(c2)N(C(=O)C(C)C)CCC3)c([N+](=O)[O-])cc1OC. The van der Waals surface area contributed by atoms with Crippen molar-refractivity contribution in [1.29, 1.82) is 0 Å². The van der Waals surface area contributed by atoms with E-state index in [9.17, 15) is 19.7 Å². The van der Waals surface area contributed by atoms with Crippen LogP contribution >= 0.6 is 0 Å². The van der Waals surface area contributed by atoms with Gasteiger partial charge in [-0.2, -0.15) is 0 Å². The van der Waals surface area contributed by atoms with Gasteiger partial charge in [-0.05, 0) is 30.5 Å². The number of hydrogen-bond acceptors (Lipinski definition) is 6. The van der Waals surface area contributed by atoms with E-state index >= 15 is 0 Å². The number of nitro benzene ring substituents is 1. The van der Waals surface area contributed by atoms with E-state index in [1.807, 2.05) is 19.9 Å². The number of methoxy groups -OCH3 is 2. The maximum Gasteiger partial charge on any atom is 0.286 e. The minimum absolute atomic E-state index is 0.0138. The van der Waals surface area contributed by atoms with E-state index < -0.39 is 16.5 Å². The Hall–Kier alpha value is -3.62. The molecule has 9 heteroatoms. The quantitative estimate of drug-likeness (QED) is 0.554. The van der Waals surface area contributed by atoms with Gasteiger partial charge in [0.15, 0.2) is 11.5 Å². The Morgan fingerprint density at radius 1 is 1.13 bits per heavy atom. The van der Waals surface area contributed by atoms with E-state index in [1.54, 1.807) is 17.0 Å². The van der Waals surface area contributed by atoms with Gasteiger partial charge in [0.2, 0.25) is 5.91 Å². The summed E-state index contributed by atoms with van der Waals surface area (Å²) in [5.74, 6) is -0.441. The molecule has 3 rings (SSSR count). The van der Waals surface area contributed by atoms with Gasteiger partial charge in [-0.15, -0.1) is 0 Å². The zero-order valence-electron chi connectivity index (χ0n) is 17.9. The van der Waals surface area contributed by atoms with Crippen LogP contribution in [0.1, 0.15) is 36.2 Å². The van der Waals surface area contributed by atoms with E-state index in [0.29, 0.717) is 12.2 Å². The van der Waals surface area contributed by atoms with E-state index in [0.717, 1.165) is 30.2 Å². The molecule has 0 spiro atoms. The monoisotopic (exact) mass is 427 g/mol. The normalized spacial score (nSPS) is 12.9. The highest BCUT2D eigenvalue weighted by Crippen LogP contribution is 2.35. The first-order chi connectivity index (χ1) is 14.8. The highest BCUT2D eigenvalue weighted by Gasteiger charge is 2.27. The first-order valence-corrected chi connectivity index (χ1v) is 9.92. The average molecular weight is 427 g/mol. The van der Waals surface area contributed by atoms with Crippen molar-refractivity contribution < 1.29 is 24.0 Å². The number of carbonyl (C=O) groups is 2. The third-order valence-electron chi connectivity index (χ3n) is 5.16. The number of ether oxygens (including phenoxy) is 2. The Morgan fingerprint density at radius 2 is 1.81 bits per heavy atom. The van der Waals surface area contributed by atoms with Gasteiger partial charge >= 0.3 is 0 Å². The van der Waals surface area contributed by atoms with E-state index in [4.69, 9.17) is 9.47 Å². The fourth-order valence-corrected chi connectivity index (χ4v) is 3.59. The average Bonchev–Trinajstić information content (AvgIpc) is 2.76. The molecule has 1 aliphatic rings. The summed E-state index contributed by atoms with van der Waals surface area (Å²) in [4.78, 5) is 38.1. The summed E-state index contributed by atoms with van der Waals surface area (Å²) >= 11 is 0. The summed E-state index contributed by atoms with van der Waals surface area (Å²) in [6.45, 7) is 4.30. The van der Waals surface area contributed by atoms with Crippen LogP contribution in [0.15, 0.2) is 30.3 Å². The molecule has 0 fully saturated rings. The standard InChI is InChI=1S/C22H25N3O6/c1-13(2)22(27)24-9-5-6-14-7-8-15(10-17(14)24)23-21(26)16-11-19(30-3)20(31-4)12-18(16)25(28)29/h7-8,10-13H,5-6,9H2,1-4H3,(H,23,26). The van der Waals surface area contributed by atoms with Crippen molar-refractivity contribution in [3.63, 3.8) is 0 Å². The molecule has 0 saturated carbocycles. The predicted octanol–water partition coefficient (Wildman–Crippen LogP) is 3.80. The van der Waals surface area contributed by atoms with Crippen LogP contribution in [-0.2, 0) is 11.2 Å². The summed E-state index contributed by atoms with van der Waals surface area (Å²) in [7, 11) is 2.74. The largest absolute Gasteiger partial charge is 0.493 e. The minimum Gasteiger partial charge on any atom is -0.493 e. The van der Waals surface area contributed by atoms with Crippen LogP contribution in [0.2, 0.25) is 0 Å². The van der Waals surface area contributed by atoms with Crippen LogP contribution in [0.4, 0.5) is 17.1 Å². The molecule has 2 aromatic rings. The lowest BCUT2D eigenvalue weighted by Crippen LogP contribution is -2.38. The molecule has 0 aromatic heterocycles. The molecule has 1 heterocycles. The fraction of sp³-hybridized carbons (Fsp3) is 0.364. The van der Waals surface area contributed by atoms with Crippen molar-refractivity contribution in [1.82, 2.24) is 0 Å². The topological polar surface area (TPSA) is 111 Å². The second-order valence-electron chi connectivity index (χ2n) is 7.53. The Morgan fingerprint density at radius 3 is 2.42 bits per heavy atom. The molecular formula is C22H25N3O6. The van der Waals surface area contributed by atoms with Gasteiger partial charge in [-0.3, -0.25) is 19.7 Å². The van der Waals surface area contributed by atoms with Crippen molar-refractivity contribution in [2.45, 2.75) is 26.7 Å². The Labute approximate surface area is 180 Å². The molecular weight excluding hydrogens is 402 g/mol. The lowest BCUT2D eigenvalue weighted by molar-refractivity contribution is -0.385. The predicted molar refractivity (Wildman–Crippen MR) is 116 cm³/mol. The summed E-state index contributed by atoms with van der Waals surface area (Å²) in [5, 5.41) is 14.2. The van der Waals surface area contributed by atoms with Gasteiger partial charge in [0.05, 0.1) is 25.2 Å². The number of amides is 2. The van der Waals surface area contributed by atoms with Crippen LogP contribution in [0.5, 0.6) is 11.5 Å². The van der Waals surface area contributed by atoms with Crippen molar-refractivity contribution in [2.75, 3.05) is 31.0 Å². The molecule has 0 bridgehead atoms. The molecule has 31 heavy (non-hydrogen) atoms. The van der Waals surface area contributed by atoms with Crippen molar-refractivity contribution in [3.8, 4) is 11.5 Å². The van der Waals surface area contributed by atoms with Gasteiger partial charge in [-0.25, -0.2) is 0 Å². The molecule has 164 valence electrons. The number of rotatable bonds is 6. The number of nitrogens with zero attached hydrogens (tertiary/aromatic N) is 2. The highest BCUT2D eigenvalue weighted by molar-refractivity contribution is 6.08. The second kappa shape index (κ2) is 9.03. The summed E-state index contributed by atoms with van der Waals surface area (Å²) in [6.07, 6.45) is 1.71. The summed E-state index contributed by atoms with van der Waals surface area (Å²) in [6, 6.07) is 7.77. The molecule has 0 saturated heterocycles. The molecule has 9 nitrogen and oxygen atoms in total. The number of hydrogen-bond donors (Lipinski definition) is 1. The van der Waals surface area contributed by atoms with Crippen LogP contribution in [-0.4, -0.2) is 37.5 Å². The second-order valence-corrected chi connectivity index (χ2v) is 7.53. The zero-order valence-corrected chi connectivity index (χ0v) is 17.9. The van der Waals surface area contributed by atoms with Crippen LogP contribution in [0, 0.1) is 16.0 Å². The van der Waals surface area contributed by atoms with Crippen molar-refractivity contribution >= 4 is 28.9 Å². The number of carbonyl (C=O) groups excluding carboxylic acids is 2. The molecule has 0 atom stereocenters. The highest BCUT2D eigenvalue weighted by atomic mass is 16.6. The molecule has 0 aliphatic carbocycles. The van der Waals surface area contributed by atoms with E-state index in [1.165, 1.54) is 20.3 Å². The van der Waals surface area contributed by atoms with Gasteiger partial charge in [0, 0.05) is 29.9 Å². The van der Waals surface area contributed by atoms with Gasteiger partial charge in [-0.1, -0.05) is 19.9 Å². The number of fused-ring (bicyclic) bond motifs is 1. The molecule has 1 aliphatic heterocycles. The smallest absolute Gasteiger partial charge is 0.286 e. The maximum absolute atomic E-state index is 12.9. The Balaban J connectivity index is 1.95. The number of nitrogens with one attached hydrogen (secondary N) is 1. The molecule has 1 N–H and O–H groups in total. The fourth-order valence-electron chi connectivity index (χ4n) is 3.59. The summed E-state index contributed by atoms with van der Waals surface area (Å²) < 4.78 is 10.3. The molecule has 2 amide bonds. The number of benzene rings is 2. The lowest BCUT2D eigenvalue weighted by Gasteiger charge is -2.31. The Bertz CT molecular complexity index is 1030. The number of aryl methyl sites for hydroxylation is 1. The van der Waals surface area contributed by atoms with Crippen molar-refractivity contribution in [2.24, 2.45) is 5.92 Å². The lowest BCUT2D eigenvalue weighted by atomic mass is 9.99. The van der Waals surface area contributed by atoms with Crippen LogP contribution in [0.3, 0.4) is 0 Å². The van der Waals surface area contributed by atoms with E-state index in [-0.39, 0.29) is 28.9 Å². The van der Waals surface area contributed by atoms with Gasteiger partial charge in [0.25, 0.3) is 11.6 Å². The molecule has 0 unspecified atom stereocenters. The Kier molecular flexibility index (Phi) is 6.43. The van der Waals surface area contributed by atoms with Crippen molar-refractivity contribution in [3.05, 3.63) is 51.6 Å². The zero-order chi connectivity index (χ0) is 22.7. The molecule has 2 aromatic carbocycles. The number of anilines is 2. The van der Waals surface area contributed by atoms with Gasteiger partial charge < -0.3 is 19.7 Å². The van der Waals surface area contributed by atoms with Crippen LogP contribution < -0.4 is 19.7 Å². The van der Waals surface area contributed by atoms with Gasteiger partial charge in [0.1, 0.15) is 5.56 Å². The minimum atomic E-state index is -0.662. The van der Waals surface area contributed by atoms with E-state index in [2.05, 4.69) is 5.32 Å².